The highest BCUT2D eigenvalue weighted by Crippen LogP contribution is 2.61. The van der Waals surface area contributed by atoms with Crippen molar-refractivity contribution >= 4 is 5.97 Å². The van der Waals surface area contributed by atoms with Crippen LogP contribution >= 0.6 is 0 Å². The van der Waals surface area contributed by atoms with Crippen LogP contribution in [-0.2, 0) is 14.3 Å². The fraction of sp³-hybridized carbons (Fsp3) is 0.706. The number of allylic oxidation sites excluding steroid dienone is 2. The number of ether oxygens (including phenoxy) is 2. The van der Waals surface area contributed by atoms with Gasteiger partial charge in [0.1, 0.15) is 11.7 Å². The summed E-state index contributed by atoms with van der Waals surface area (Å²) in [4.78, 5) is 11.6. The van der Waals surface area contributed by atoms with E-state index in [0.717, 1.165) is 19.3 Å². The second-order valence-electron chi connectivity index (χ2n) is 7.01. The van der Waals surface area contributed by atoms with E-state index in [1.54, 1.807) is 0 Å². The molecule has 1 saturated carbocycles. The molecule has 3 aliphatic rings. The first kappa shape index (κ1) is 13.9. The Morgan fingerprint density at radius 2 is 2.15 bits per heavy atom. The van der Waals surface area contributed by atoms with E-state index in [4.69, 9.17) is 9.47 Å². The molecule has 3 heteroatoms. The largest absolute Gasteiger partial charge is 0.459 e. The Morgan fingerprint density at radius 3 is 2.70 bits per heavy atom. The fourth-order valence-electron chi connectivity index (χ4n) is 4.28. The molecule has 4 atom stereocenters. The van der Waals surface area contributed by atoms with Gasteiger partial charge in [0.25, 0.3) is 0 Å². The average Bonchev–Trinajstić information content (AvgIpc) is 2.73. The maximum absolute atomic E-state index is 11.6. The number of rotatable bonds is 1. The number of carbonyl (C=O) groups is 1. The summed E-state index contributed by atoms with van der Waals surface area (Å²) in [6.07, 6.45) is 4.97. The Morgan fingerprint density at radius 1 is 1.50 bits per heavy atom. The zero-order chi connectivity index (χ0) is 14.7. The fourth-order valence-corrected chi connectivity index (χ4v) is 4.28. The van der Waals surface area contributed by atoms with E-state index in [-0.39, 0.29) is 29.2 Å². The highest BCUT2D eigenvalue weighted by atomic mass is 16.7. The normalized spacial score (nSPS) is 41.9. The Labute approximate surface area is 121 Å². The quantitative estimate of drug-likeness (QED) is 0.418. The number of fused-ring (bicyclic) bond motifs is 1. The minimum Gasteiger partial charge on any atom is -0.459 e. The zero-order valence-electron chi connectivity index (χ0n) is 12.9. The molecule has 2 fully saturated rings. The first-order valence-corrected chi connectivity index (χ1v) is 7.50. The molecule has 1 saturated heterocycles. The summed E-state index contributed by atoms with van der Waals surface area (Å²) >= 11 is 0. The van der Waals surface area contributed by atoms with Gasteiger partial charge in [-0.25, -0.2) is 0 Å². The topological polar surface area (TPSA) is 38.8 Å². The maximum Gasteiger partial charge on any atom is 0.303 e. The molecule has 1 aliphatic heterocycles. The third-order valence-electron chi connectivity index (χ3n) is 5.49. The van der Waals surface area contributed by atoms with Crippen molar-refractivity contribution in [2.24, 2.45) is 11.8 Å². The van der Waals surface area contributed by atoms with Crippen molar-refractivity contribution in [2.45, 2.75) is 64.3 Å². The Bertz CT molecular complexity index is 502. The average molecular weight is 276 g/mol. The summed E-state index contributed by atoms with van der Waals surface area (Å²) in [5.41, 5.74) is 2.05. The molecule has 1 spiro atoms. The summed E-state index contributed by atoms with van der Waals surface area (Å²) < 4.78 is 11.9. The summed E-state index contributed by atoms with van der Waals surface area (Å²) in [6, 6.07) is 0. The van der Waals surface area contributed by atoms with Gasteiger partial charge in [-0.15, -0.1) is 0 Å². The zero-order valence-corrected chi connectivity index (χ0v) is 12.9. The predicted octanol–water partition coefficient (Wildman–Crippen LogP) is 3.40. The lowest BCUT2D eigenvalue weighted by Gasteiger charge is -2.32. The molecule has 0 N–H and O–H groups in total. The second kappa shape index (κ2) is 4.20. The van der Waals surface area contributed by atoms with Gasteiger partial charge >= 0.3 is 5.97 Å². The SMILES string of the molecule is C=C1CCC2(OC2(C)C)C(OC(C)=O)C2C(C)=CCC12. The van der Waals surface area contributed by atoms with Gasteiger partial charge in [-0.2, -0.15) is 0 Å². The molecule has 0 radical (unpaired) electrons. The van der Waals surface area contributed by atoms with Crippen molar-refractivity contribution in [1.82, 2.24) is 0 Å². The van der Waals surface area contributed by atoms with Crippen molar-refractivity contribution in [2.75, 3.05) is 0 Å². The lowest BCUT2D eigenvalue weighted by atomic mass is 9.77. The van der Waals surface area contributed by atoms with Crippen molar-refractivity contribution in [3.8, 4) is 0 Å². The minimum atomic E-state index is -0.333. The molecule has 0 amide bonds. The van der Waals surface area contributed by atoms with Crippen LogP contribution in [0.2, 0.25) is 0 Å². The van der Waals surface area contributed by atoms with Gasteiger partial charge in [0.15, 0.2) is 0 Å². The smallest absolute Gasteiger partial charge is 0.303 e. The van der Waals surface area contributed by atoms with Crippen LogP contribution in [0, 0.1) is 11.8 Å². The van der Waals surface area contributed by atoms with Crippen LogP contribution in [0.4, 0.5) is 0 Å². The highest BCUT2D eigenvalue weighted by Gasteiger charge is 2.71. The Hall–Kier alpha value is -1.09. The van der Waals surface area contributed by atoms with E-state index >= 15 is 0 Å². The van der Waals surface area contributed by atoms with Gasteiger partial charge in [-0.05, 0) is 46.0 Å². The molecule has 4 unspecified atom stereocenters. The van der Waals surface area contributed by atoms with Gasteiger partial charge in [-0.3, -0.25) is 4.79 Å². The summed E-state index contributed by atoms with van der Waals surface area (Å²) in [5.74, 6) is 0.418. The lowest BCUT2D eigenvalue weighted by Crippen LogP contribution is -2.44. The number of hydrogen-bond donors (Lipinski definition) is 0. The third kappa shape index (κ3) is 1.79. The van der Waals surface area contributed by atoms with Crippen LogP contribution in [-0.4, -0.2) is 23.3 Å². The van der Waals surface area contributed by atoms with Crippen molar-refractivity contribution in [3.05, 3.63) is 23.8 Å². The van der Waals surface area contributed by atoms with E-state index in [0.29, 0.717) is 5.92 Å². The predicted molar refractivity (Wildman–Crippen MR) is 77.2 cm³/mol. The van der Waals surface area contributed by atoms with Gasteiger partial charge in [0, 0.05) is 12.8 Å². The molecule has 0 aromatic carbocycles. The first-order valence-electron chi connectivity index (χ1n) is 7.50. The monoisotopic (exact) mass is 276 g/mol. The molecular formula is C17H24O3. The van der Waals surface area contributed by atoms with Gasteiger partial charge in [0.2, 0.25) is 0 Å². The van der Waals surface area contributed by atoms with E-state index in [1.165, 1.54) is 18.1 Å². The number of carbonyl (C=O) groups excluding carboxylic acids is 1. The summed E-state index contributed by atoms with van der Waals surface area (Å²) in [7, 11) is 0. The molecule has 0 aromatic heterocycles. The van der Waals surface area contributed by atoms with Crippen molar-refractivity contribution in [1.29, 1.82) is 0 Å². The molecule has 110 valence electrons. The van der Waals surface area contributed by atoms with E-state index in [1.807, 2.05) is 0 Å². The van der Waals surface area contributed by atoms with Gasteiger partial charge < -0.3 is 9.47 Å². The Balaban J connectivity index is 2.02. The summed E-state index contributed by atoms with van der Waals surface area (Å²) in [6.45, 7) is 12.1. The van der Waals surface area contributed by atoms with E-state index < -0.39 is 0 Å². The molecular weight excluding hydrogens is 252 g/mol. The number of esters is 1. The maximum atomic E-state index is 11.6. The minimum absolute atomic E-state index is 0.182. The van der Waals surface area contributed by atoms with E-state index in [9.17, 15) is 4.79 Å². The Kier molecular flexibility index (Phi) is 2.91. The van der Waals surface area contributed by atoms with Crippen LogP contribution < -0.4 is 0 Å². The molecule has 2 aliphatic carbocycles. The standard InChI is InChI=1S/C17H24O3/c1-10-8-9-17(16(4,5)20-17)15(19-12(3)18)14-11(2)6-7-13(10)14/h6,13-15H,1,7-9H2,2-5H3. The van der Waals surface area contributed by atoms with Crippen molar-refractivity contribution in [3.63, 3.8) is 0 Å². The van der Waals surface area contributed by atoms with Crippen molar-refractivity contribution < 1.29 is 14.3 Å². The molecule has 20 heavy (non-hydrogen) atoms. The first-order chi connectivity index (χ1) is 9.28. The van der Waals surface area contributed by atoms with Crippen LogP contribution in [0.25, 0.3) is 0 Å². The lowest BCUT2D eigenvalue weighted by molar-refractivity contribution is -0.153. The van der Waals surface area contributed by atoms with E-state index in [2.05, 4.69) is 33.4 Å². The molecule has 0 aromatic rings. The van der Waals surface area contributed by atoms with Crippen LogP contribution in [0.5, 0.6) is 0 Å². The van der Waals surface area contributed by atoms with Crippen LogP contribution in [0.15, 0.2) is 23.8 Å². The highest BCUT2D eigenvalue weighted by molar-refractivity contribution is 5.66. The third-order valence-corrected chi connectivity index (χ3v) is 5.49. The summed E-state index contributed by atoms with van der Waals surface area (Å²) in [5, 5.41) is 0. The van der Waals surface area contributed by atoms with Gasteiger partial charge in [-0.1, -0.05) is 23.8 Å². The van der Waals surface area contributed by atoms with Crippen LogP contribution in [0.3, 0.4) is 0 Å². The molecule has 1 heterocycles. The molecule has 3 nitrogen and oxygen atoms in total. The van der Waals surface area contributed by atoms with Gasteiger partial charge in [0.05, 0.1) is 5.60 Å². The number of epoxide rings is 1. The molecule has 3 rings (SSSR count). The number of hydrogen-bond acceptors (Lipinski definition) is 3. The molecule has 0 bridgehead atoms. The van der Waals surface area contributed by atoms with Crippen LogP contribution in [0.1, 0.15) is 47.0 Å². The second-order valence-corrected chi connectivity index (χ2v) is 7.01.